The Morgan fingerprint density at radius 2 is 0.794 bits per heavy atom. The normalized spacial score (nSPS) is 12.1. The Labute approximate surface area is 205 Å². The van der Waals surface area contributed by atoms with Crippen molar-refractivity contribution in [2.45, 2.75) is 39.4 Å². The summed E-state index contributed by atoms with van der Waals surface area (Å²) in [5, 5.41) is 25.0. The summed E-state index contributed by atoms with van der Waals surface area (Å²) in [6, 6.07) is 34.5. The Morgan fingerprint density at radius 3 is 1.12 bits per heavy atom. The highest BCUT2D eigenvalue weighted by molar-refractivity contribution is 7.01. The fourth-order valence-corrected chi connectivity index (χ4v) is 10.6. The monoisotopic (exact) mass is 482 g/mol. The first-order valence-electron chi connectivity index (χ1n) is 11.9. The van der Waals surface area contributed by atoms with Gasteiger partial charge in [-0.3, -0.25) is 0 Å². The lowest BCUT2D eigenvalue weighted by Gasteiger charge is -2.27. The van der Waals surface area contributed by atoms with Crippen LogP contribution in [0, 0.1) is 0 Å². The van der Waals surface area contributed by atoms with E-state index in [1.165, 1.54) is 31.9 Å². The Morgan fingerprint density at radius 1 is 0.471 bits per heavy atom. The summed E-state index contributed by atoms with van der Waals surface area (Å²) < 4.78 is 0. The van der Waals surface area contributed by atoms with Crippen LogP contribution in [-0.4, -0.2) is 26.4 Å². The molecule has 2 nitrogen and oxygen atoms in total. The standard InChI is InChI=1S/C30H34O2Si2/c1-33(2,29-11-7-5-9-25(29)21-31)27-17-13-23(14-18-27)24-15-19-28(20-16-24)34(3,4)30-12-8-6-10-26(30)22-32/h5-20,31-32H,21-22H2,1-4H3. The summed E-state index contributed by atoms with van der Waals surface area (Å²) in [7, 11) is -3.80. The second-order valence-corrected chi connectivity index (χ2v) is 18.8. The van der Waals surface area contributed by atoms with Gasteiger partial charge in [-0.25, -0.2) is 0 Å². The molecular weight excluding hydrogens is 449 g/mol. The average molecular weight is 483 g/mol. The van der Waals surface area contributed by atoms with Gasteiger partial charge in [0.05, 0.1) is 13.2 Å². The zero-order chi connectivity index (χ0) is 24.3. The molecule has 2 N–H and O–H groups in total. The zero-order valence-electron chi connectivity index (χ0n) is 20.5. The SMILES string of the molecule is C[Si](C)(c1ccc(-c2ccc([Si](C)(C)c3ccccc3CO)cc2)cc1)c1ccccc1CO. The maximum absolute atomic E-state index is 9.82. The fraction of sp³-hybridized carbons (Fsp3) is 0.200. The number of aliphatic hydroxyl groups excluding tert-OH is 2. The first-order chi connectivity index (χ1) is 16.3. The van der Waals surface area contributed by atoms with E-state index >= 15 is 0 Å². The Balaban J connectivity index is 1.61. The number of benzene rings is 4. The van der Waals surface area contributed by atoms with Gasteiger partial charge < -0.3 is 10.2 Å². The second-order valence-electron chi connectivity index (χ2n) is 10.0. The molecule has 4 aromatic carbocycles. The number of rotatable bonds is 7. The van der Waals surface area contributed by atoms with E-state index in [9.17, 15) is 10.2 Å². The molecule has 174 valence electrons. The summed E-state index contributed by atoms with van der Waals surface area (Å²) in [4.78, 5) is 0. The van der Waals surface area contributed by atoms with Gasteiger partial charge >= 0.3 is 0 Å². The fourth-order valence-electron chi connectivity index (χ4n) is 5.01. The summed E-state index contributed by atoms with van der Waals surface area (Å²) >= 11 is 0. The first kappa shape index (κ1) is 24.4. The zero-order valence-corrected chi connectivity index (χ0v) is 22.5. The van der Waals surface area contributed by atoms with Gasteiger partial charge in [0, 0.05) is 0 Å². The van der Waals surface area contributed by atoms with Crippen LogP contribution in [-0.2, 0) is 13.2 Å². The number of aliphatic hydroxyl groups is 2. The molecular formula is C30H34O2Si2. The number of hydrogen-bond donors (Lipinski definition) is 2. The van der Waals surface area contributed by atoms with Gasteiger partial charge in [-0.05, 0) is 32.6 Å². The van der Waals surface area contributed by atoms with E-state index in [-0.39, 0.29) is 13.2 Å². The largest absolute Gasteiger partial charge is 0.392 e. The highest BCUT2D eigenvalue weighted by Crippen LogP contribution is 2.20. The van der Waals surface area contributed by atoms with Crippen LogP contribution in [0.15, 0.2) is 97.1 Å². The quantitative estimate of drug-likeness (QED) is 0.391. The van der Waals surface area contributed by atoms with Crippen LogP contribution in [0.25, 0.3) is 11.1 Å². The summed E-state index contributed by atoms with van der Waals surface area (Å²) in [5.41, 5.74) is 4.50. The van der Waals surface area contributed by atoms with Crippen molar-refractivity contribution in [2.24, 2.45) is 0 Å². The van der Waals surface area contributed by atoms with Crippen molar-refractivity contribution in [3.8, 4) is 11.1 Å². The summed E-state index contributed by atoms with van der Waals surface area (Å²) in [6.07, 6.45) is 0. The molecule has 0 aliphatic heterocycles. The molecule has 0 radical (unpaired) electrons. The van der Waals surface area contributed by atoms with Crippen molar-refractivity contribution < 1.29 is 10.2 Å². The van der Waals surface area contributed by atoms with Crippen LogP contribution >= 0.6 is 0 Å². The van der Waals surface area contributed by atoms with Crippen LogP contribution < -0.4 is 20.7 Å². The van der Waals surface area contributed by atoms with E-state index in [4.69, 9.17) is 0 Å². The van der Waals surface area contributed by atoms with Gasteiger partial charge in [-0.15, -0.1) is 0 Å². The molecule has 4 aromatic rings. The van der Waals surface area contributed by atoms with Gasteiger partial charge in [-0.2, -0.15) is 0 Å². The molecule has 4 heteroatoms. The third-order valence-electron chi connectivity index (χ3n) is 7.27. The summed E-state index contributed by atoms with van der Waals surface area (Å²) in [6.45, 7) is 9.56. The van der Waals surface area contributed by atoms with Crippen molar-refractivity contribution >= 4 is 36.9 Å². The molecule has 0 saturated carbocycles. The smallest absolute Gasteiger partial charge is 0.112 e. The Kier molecular flexibility index (Phi) is 7.05. The molecule has 0 heterocycles. The molecule has 34 heavy (non-hydrogen) atoms. The van der Waals surface area contributed by atoms with Crippen LogP contribution in [0.4, 0.5) is 0 Å². The molecule has 0 spiro atoms. The van der Waals surface area contributed by atoms with E-state index in [1.54, 1.807) is 0 Å². The van der Waals surface area contributed by atoms with E-state index in [1.807, 2.05) is 24.3 Å². The minimum atomic E-state index is -1.90. The van der Waals surface area contributed by atoms with Crippen LogP contribution in [0.1, 0.15) is 11.1 Å². The topological polar surface area (TPSA) is 40.5 Å². The molecule has 4 rings (SSSR count). The van der Waals surface area contributed by atoms with Gasteiger partial charge in [0.1, 0.15) is 16.1 Å². The third kappa shape index (κ3) is 4.59. The highest BCUT2D eigenvalue weighted by Gasteiger charge is 2.29. The van der Waals surface area contributed by atoms with Gasteiger partial charge in [0.2, 0.25) is 0 Å². The lowest BCUT2D eigenvalue weighted by molar-refractivity contribution is 0.282. The molecule has 0 aliphatic rings. The van der Waals surface area contributed by atoms with Crippen molar-refractivity contribution in [3.05, 3.63) is 108 Å². The molecule has 0 fully saturated rings. The first-order valence-corrected chi connectivity index (χ1v) is 17.9. The molecule has 0 aliphatic carbocycles. The van der Waals surface area contributed by atoms with Gasteiger partial charge in [0.15, 0.2) is 0 Å². The molecule has 0 atom stereocenters. The average Bonchev–Trinajstić information content (AvgIpc) is 2.88. The predicted molar refractivity (Wildman–Crippen MR) is 150 cm³/mol. The number of hydrogen-bond acceptors (Lipinski definition) is 2. The lowest BCUT2D eigenvalue weighted by Crippen LogP contribution is -2.54. The van der Waals surface area contributed by atoms with E-state index in [0.29, 0.717) is 0 Å². The van der Waals surface area contributed by atoms with E-state index in [0.717, 1.165) is 11.1 Å². The van der Waals surface area contributed by atoms with Crippen LogP contribution in [0.5, 0.6) is 0 Å². The molecule has 0 saturated heterocycles. The van der Waals surface area contributed by atoms with Crippen molar-refractivity contribution in [1.82, 2.24) is 0 Å². The molecule has 0 aromatic heterocycles. The lowest BCUT2D eigenvalue weighted by atomic mass is 10.1. The Hall–Kier alpha value is -2.77. The molecule has 0 amide bonds. The molecule has 0 bridgehead atoms. The van der Waals surface area contributed by atoms with E-state index in [2.05, 4.69) is 99.0 Å². The minimum Gasteiger partial charge on any atom is -0.392 e. The second kappa shape index (κ2) is 9.84. The van der Waals surface area contributed by atoms with Crippen LogP contribution in [0.3, 0.4) is 0 Å². The maximum Gasteiger partial charge on any atom is 0.112 e. The predicted octanol–water partition coefficient (Wildman–Crippen LogP) is 3.98. The maximum atomic E-state index is 9.82. The minimum absolute atomic E-state index is 0.0828. The van der Waals surface area contributed by atoms with Crippen LogP contribution in [0.2, 0.25) is 26.2 Å². The van der Waals surface area contributed by atoms with Crippen molar-refractivity contribution in [3.63, 3.8) is 0 Å². The molecule has 0 unspecified atom stereocenters. The van der Waals surface area contributed by atoms with Gasteiger partial charge in [0.25, 0.3) is 0 Å². The summed E-state index contributed by atoms with van der Waals surface area (Å²) in [5.74, 6) is 0. The van der Waals surface area contributed by atoms with Gasteiger partial charge in [-0.1, -0.05) is 134 Å². The van der Waals surface area contributed by atoms with Crippen molar-refractivity contribution in [1.29, 1.82) is 0 Å². The Bertz CT molecular complexity index is 1160. The highest BCUT2D eigenvalue weighted by atomic mass is 28.3. The third-order valence-corrected chi connectivity index (χ3v) is 14.5. The van der Waals surface area contributed by atoms with Crippen molar-refractivity contribution in [2.75, 3.05) is 0 Å². The van der Waals surface area contributed by atoms with E-state index < -0.39 is 16.1 Å².